The number of carbonyl (C=O) groups excluding carboxylic acids is 2. The van der Waals surface area contributed by atoms with Crippen LogP contribution in [0.1, 0.15) is 48.9 Å². The molecule has 0 heterocycles. The van der Waals surface area contributed by atoms with Crippen molar-refractivity contribution >= 4 is 11.9 Å². The van der Waals surface area contributed by atoms with Gasteiger partial charge in [-0.3, -0.25) is 9.59 Å². The molecule has 0 unspecified atom stereocenters. The molecule has 0 aliphatic heterocycles. The van der Waals surface area contributed by atoms with Gasteiger partial charge in [-0.05, 0) is 44.2 Å². The van der Waals surface area contributed by atoms with Crippen LogP contribution in [0, 0.1) is 5.82 Å². The molecule has 2 rings (SSSR count). The third kappa shape index (κ3) is 5.18. The normalized spacial score (nSPS) is 14.0. The molecule has 24 heavy (non-hydrogen) atoms. The molecule has 0 N–H and O–H groups in total. The number of carbonyl (C=O) groups is 2. The Bertz CT molecular complexity index is 612. The topological polar surface area (TPSA) is 46.6 Å². The maximum absolute atomic E-state index is 13.9. The first-order valence-corrected chi connectivity index (χ1v) is 8.40. The Morgan fingerprint density at radius 2 is 2.00 bits per heavy atom. The third-order valence-electron chi connectivity index (χ3n) is 4.29. The molecule has 1 amide bonds. The molecule has 0 atom stereocenters. The van der Waals surface area contributed by atoms with Crippen LogP contribution in [0.2, 0.25) is 0 Å². The van der Waals surface area contributed by atoms with E-state index in [2.05, 4.69) is 10.8 Å². The van der Waals surface area contributed by atoms with Crippen LogP contribution in [0.25, 0.3) is 0 Å². The van der Waals surface area contributed by atoms with Gasteiger partial charge in [0, 0.05) is 13.1 Å². The van der Waals surface area contributed by atoms with Crippen LogP contribution >= 0.6 is 0 Å². The minimum Gasteiger partial charge on any atom is -0.469 e. The van der Waals surface area contributed by atoms with Crippen LogP contribution in [-0.4, -0.2) is 37.0 Å². The van der Waals surface area contributed by atoms with Gasteiger partial charge in [0.1, 0.15) is 5.82 Å². The number of methoxy groups -OCH3 is 1. The van der Waals surface area contributed by atoms with Gasteiger partial charge in [0.2, 0.25) is 0 Å². The Kier molecular flexibility index (Phi) is 6.97. The lowest BCUT2D eigenvalue weighted by Crippen LogP contribution is -2.35. The zero-order valence-corrected chi connectivity index (χ0v) is 14.1. The summed E-state index contributed by atoms with van der Waals surface area (Å²) in [6.45, 7) is 0.711. The lowest BCUT2D eigenvalue weighted by atomic mass is 9.97. The fourth-order valence-electron chi connectivity index (χ4n) is 2.86. The lowest BCUT2D eigenvalue weighted by molar-refractivity contribution is -0.140. The van der Waals surface area contributed by atoms with Crippen molar-refractivity contribution in [1.29, 1.82) is 0 Å². The second kappa shape index (κ2) is 9.21. The van der Waals surface area contributed by atoms with E-state index in [0.29, 0.717) is 6.54 Å². The smallest absolute Gasteiger partial charge is 0.307 e. The summed E-state index contributed by atoms with van der Waals surface area (Å²) in [5.74, 6) is -1.30. The van der Waals surface area contributed by atoms with E-state index >= 15 is 0 Å². The largest absolute Gasteiger partial charge is 0.469 e. The number of amides is 1. The van der Waals surface area contributed by atoms with Gasteiger partial charge in [0.25, 0.3) is 5.91 Å². The number of nitrogens with zero attached hydrogens (tertiary/aromatic N) is 1. The predicted molar refractivity (Wildman–Crippen MR) is 90.1 cm³/mol. The first-order valence-electron chi connectivity index (χ1n) is 8.40. The maximum atomic E-state index is 13.9. The van der Waals surface area contributed by atoms with E-state index in [4.69, 9.17) is 0 Å². The van der Waals surface area contributed by atoms with Crippen LogP contribution < -0.4 is 0 Å². The van der Waals surface area contributed by atoms with E-state index in [9.17, 15) is 14.0 Å². The quantitative estimate of drug-likeness (QED) is 0.564. The second-order valence-electron chi connectivity index (χ2n) is 5.96. The summed E-state index contributed by atoms with van der Waals surface area (Å²) in [7, 11) is 1.32. The number of hydrogen-bond acceptors (Lipinski definition) is 3. The molecule has 4 nitrogen and oxygen atoms in total. The van der Waals surface area contributed by atoms with Crippen molar-refractivity contribution in [2.75, 3.05) is 20.2 Å². The summed E-state index contributed by atoms with van der Waals surface area (Å²) in [5, 5.41) is 0. The number of allylic oxidation sites excluding steroid dienone is 1. The van der Waals surface area contributed by atoms with Gasteiger partial charge in [-0.15, -0.1) is 0 Å². The average molecular weight is 333 g/mol. The zero-order chi connectivity index (χ0) is 17.4. The molecule has 130 valence electrons. The van der Waals surface area contributed by atoms with E-state index in [1.165, 1.54) is 37.7 Å². The number of ether oxygens (including phenoxy) is 1. The van der Waals surface area contributed by atoms with Gasteiger partial charge in [-0.1, -0.05) is 23.8 Å². The number of benzene rings is 1. The second-order valence-corrected chi connectivity index (χ2v) is 5.96. The molecule has 1 aromatic rings. The highest BCUT2D eigenvalue weighted by Gasteiger charge is 2.20. The molecule has 0 radical (unpaired) electrons. The summed E-state index contributed by atoms with van der Waals surface area (Å²) in [6, 6.07) is 5.94. The standard InChI is InChI=1S/C19H24FNO3/c1-24-18(22)12-14-21(13-11-15-7-3-2-4-8-15)19(23)16-9-5-6-10-17(16)20/h5-7,9-10H,2-4,8,11-14H2,1H3. The molecule has 0 aromatic heterocycles. The van der Waals surface area contributed by atoms with Gasteiger partial charge in [0.15, 0.2) is 0 Å². The number of hydrogen-bond donors (Lipinski definition) is 0. The Hall–Kier alpha value is -2.17. The van der Waals surface area contributed by atoms with Crippen LogP contribution in [0.15, 0.2) is 35.9 Å². The van der Waals surface area contributed by atoms with Gasteiger partial charge < -0.3 is 9.64 Å². The van der Waals surface area contributed by atoms with E-state index in [1.54, 1.807) is 17.0 Å². The third-order valence-corrected chi connectivity index (χ3v) is 4.29. The SMILES string of the molecule is COC(=O)CCN(CCC1=CCCCC1)C(=O)c1ccccc1F. The molecule has 0 spiro atoms. The van der Waals surface area contributed by atoms with Crippen molar-refractivity contribution in [2.45, 2.75) is 38.5 Å². The fourth-order valence-corrected chi connectivity index (χ4v) is 2.86. The molecule has 1 aliphatic carbocycles. The minimum absolute atomic E-state index is 0.0417. The number of halogens is 1. The van der Waals surface area contributed by atoms with Crippen molar-refractivity contribution in [3.63, 3.8) is 0 Å². The Labute approximate surface area is 142 Å². The summed E-state index contributed by atoms with van der Waals surface area (Å²) >= 11 is 0. The zero-order valence-electron chi connectivity index (χ0n) is 14.1. The highest BCUT2D eigenvalue weighted by molar-refractivity contribution is 5.94. The van der Waals surface area contributed by atoms with Crippen LogP contribution in [0.4, 0.5) is 4.39 Å². The summed E-state index contributed by atoms with van der Waals surface area (Å²) in [5.41, 5.74) is 1.38. The molecular weight excluding hydrogens is 309 g/mol. The summed E-state index contributed by atoms with van der Waals surface area (Å²) in [6.07, 6.45) is 7.63. The number of rotatable bonds is 7. The average Bonchev–Trinajstić information content (AvgIpc) is 2.62. The van der Waals surface area contributed by atoms with Crippen molar-refractivity contribution in [3.05, 3.63) is 47.3 Å². The van der Waals surface area contributed by atoms with Gasteiger partial charge in [-0.2, -0.15) is 0 Å². The fraction of sp³-hybridized carbons (Fsp3) is 0.474. The Balaban J connectivity index is 2.06. The molecule has 5 heteroatoms. The van der Waals surface area contributed by atoms with E-state index in [-0.39, 0.29) is 30.4 Å². The van der Waals surface area contributed by atoms with Gasteiger partial charge in [-0.25, -0.2) is 4.39 Å². The van der Waals surface area contributed by atoms with Gasteiger partial charge >= 0.3 is 5.97 Å². The van der Waals surface area contributed by atoms with Crippen LogP contribution in [-0.2, 0) is 9.53 Å². The first kappa shape index (κ1) is 18.2. The Morgan fingerprint density at radius 3 is 2.67 bits per heavy atom. The first-order chi connectivity index (χ1) is 11.6. The van der Waals surface area contributed by atoms with Gasteiger partial charge in [0.05, 0.1) is 19.1 Å². The van der Waals surface area contributed by atoms with Crippen molar-refractivity contribution in [1.82, 2.24) is 4.90 Å². The summed E-state index contributed by atoms with van der Waals surface area (Å²) < 4.78 is 18.6. The van der Waals surface area contributed by atoms with Crippen molar-refractivity contribution in [2.24, 2.45) is 0 Å². The maximum Gasteiger partial charge on any atom is 0.307 e. The van der Waals surface area contributed by atoms with E-state index in [1.807, 2.05) is 0 Å². The molecule has 0 saturated heterocycles. The van der Waals surface area contributed by atoms with E-state index < -0.39 is 5.82 Å². The molecule has 1 aromatic carbocycles. The van der Waals surface area contributed by atoms with Crippen molar-refractivity contribution < 1.29 is 18.7 Å². The molecule has 0 saturated carbocycles. The van der Waals surface area contributed by atoms with E-state index in [0.717, 1.165) is 19.3 Å². The lowest BCUT2D eigenvalue weighted by Gasteiger charge is -2.24. The Morgan fingerprint density at radius 1 is 1.21 bits per heavy atom. The molecular formula is C19H24FNO3. The number of esters is 1. The monoisotopic (exact) mass is 333 g/mol. The molecule has 0 bridgehead atoms. The predicted octanol–water partition coefficient (Wildman–Crippen LogP) is 3.72. The summed E-state index contributed by atoms with van der Waals surface area (Å²) in [4.78, 5) is 25.6. The van der Waals surface area contributed by atoms with Crippen LogP contribution in [0.3, 0.4) is 0 Å². The minimum atomic E-state index is -0.539. The van der Waals surface area contributed by atoms with Crippen molar-refractivity contribution in [3.8, 4) is 0 Å². The molecule has 1 aliphatic rings. The highest BCUT2D eigenvalue weighted by Crippen LogP contribution is 2.21. The highest BCUT2D eigenvalue weighted by atomic mass is 19.1. The molecule has 0 fully saturated rings. The van der Waals surface area contributed by atoms with Crippen LogP contribution in [0.5, 0.6) is 0 Å².